The second-order valence-corrected chi connectivity index (χ2v) is 7.36. The number of rotatable bonds is 3. The van der Waals surface area contributed by atoms with Crippen LogP contribution >= 0.6 is 22.9 Å². The van der Waals surface area contributed by atoms with E-state index in [0.29, 0.717) is 31.4 Å². The molecule has 0 saturated carbocycles. The maximum atomic E-state index is 12.6. The summed E-state index contributed by atoms with van der Waals surface area (Å²) in [5, 5.41) is 3.96. The summed E-state index contributed by atoms with van der Waals surface area (Å²) < 4.78 is 3.22. The minimum atomic E-state index is -0.248. The highest BCUT2D eigenvalue weighted by Crippen LogP contribution is 2.26. The van der Waals surface area contributed by atoms with Crippen molar-refractivity contribution in [2.45, 2.75) is 13.5 Å². The normalized spacial score (nSPS) is 11.3. The molecule has 4 aromatic rings. The van der Waals surface area contributed by atoms with E-state index in [9.17, 15) is 9.59 Å². The zero-order valence-electron chi connectivity index (χ0n) is 14.0. The number of nitrogens with zero attached hydrogens (tertiary/aromatic N) is 4. The van der Waals surface area contributed by atoms with E-state index in [1.165, 1.54) is 22.2 Å². The van der Waals surface area contributed by atoms with Crippen molar-refractivity contribution in [3.8, 4) is 0 Å². The van der Waals surface area contributed by atoms with Gasteiger partial charge in [0.15, 0.2) is 0 Å². The van der Waals surface area contributed by atoms with Crippen LogP contribution in [0.4, 0.5) is 0 Å². The number of pyridine rings is 1. The van der Waals surface area contributed by atoms with Gasteiger partial charge in [-0.1, -0.05) is 11.6 Å². The van der Waals surface area contributed by atoms with Gasteiger partial charge in [0.2, 0.25) is 0 Å². The Labute approximate surface area is 156 Å². The average Bonchev–Trinajstić information content (AvgIpc) is 3.16. The molecule has 0 fully saturated rings. The number of nitrogens with one attached hydrogen (secondary N) is 1. The fourth-order valence-electron chi connectivity index (χ4n) is 2.78. The highest BCUT2D eigenvalue weighted by atomic mass is 35.5. The molecule has 7 nitrogen and oxygen atoms in total. The average molecular weight is 388 g/mol. The molecule has 4 rings (SSSR count). The largest absolute Gasteiger partial charge is 0.346 e. The molecule has 1 amide bonds. The number of hydrogen-bond donors (Lipinski definition) is 1. The number of aryl methyl sites for hydroxylation is 2. The number of hydrogen-bond acceptors (Lipinski definition) is 5. The lowest BCUT2D eigenvalue weighted by atomic mass is 10.2. The molecular formula is C17H14ClN5O2S. The van der Waals surface area contributed by atoms with Gasteiger partial charge in [0.25, 0.3) is 11.5 Å². The van der Waals surface area contributed by atoms with Gasteiger partial charge in [-0.2, -0.15) is 0 Å². The van der Waals surface area contributed by atoms with Gasteiger partial charge in [-0.15, -0.1) is 11.3 Å². The van der Waals surface area contributed by atoms with Gasteiger partial charge in [0.05, 0.1) is 33.9 Å². The molecule has 1 N–H and O–H groups in total. The van der Waals surface area contributed by atoms with E-state index in [2.05, 4.69) is 15.3 Å². The molecule has 9 heteroatoms. The fourth-order valence-corrected chi connectivity index (χ4v) is 4.00. The van der Waals surface area contributed by atoms with Crippen LogP contribution in [0.25, 0.3) is 15.9 Å². The van der Waals surface area contributed by atoms with Crippen molar-refractivity contribution in [2.24, 2.45) is 7.05 Å². The molecule has 0 aliphatic carbocycles. The number of carbonyl (C=O) groups excluding carboxylic acids is 1. The first-order valence-electron chi connectivity index (χ1n) is 7.80. The molecule has 0 spiro atoms. The molecule has 0 atom stereocenters. The van der Waals surface area contributed by atoms with E-state index in [1.54, 1.807) is 26.2 Å². The maximum absolute atomic E-state index is 12.6. The van der Waals surface area contributed by atoms with E-state index in [0.717, 1.165) is 5.65 Å². The maximum Gasteiger partial charge on any atom is 0.262 e. The van der Waals surface area contributed by atoms with Crippen molar-refractivity contribution in [1.29, 1.82) is 0 Å². The summed E-state index contributed by atoms with van der Waals surface area (Å²) in [7, 11) is 1.64. The Morgan fingerprint density at radius 1 is 1.35 bits per heavy atom. The molecule has 132 valence electrons. The van der Waals surface area contributed by atoms with Gasteiger partial charge in [-0.25, -0.2) is 9.97 Å². The van der Waals surface area contributed by atoms with Crippen molar-refractivity contribution in [3.05, 3.63) is 62.4 Å². The lowest BCUT2D eigenvalue weighted by molar-refractivity contribution is 0.0954. The van der Waals surface area contributed by atoms with Gasteiger partial charge in [0, 0.05) is 19.4 Å². The Morgan fingerprint density at radius 2 is 2.15 bits per heavy atom. The van der Waals surface area contributed by atoms with Gasteiger partial charge in [-0.3, -0.25) is 9.59 Å². The standard InChI is InChI=1S/C17H14ClN5O2S/c1-9-13-16(20-8-22(2)17(13)25)26-14(9)15(24)19-5-11-7-23-6-10(18)3-4-12(23)21-11/h3-4,6-8H,5H2,1-2H3,(H,19,24). The van der Waals surface area contributed by atoms with Crippen molar-refractivity contribution in [2.75, 3.05) is 0 Å². The van der Waals surface area contributed by atoms with Crippen LogP contribution in [-0.4, -0.2) is 24.8 Å². The van der Waals surface area contributed by atoms with Gasteiger partial charge in [-0.05, 0) is 24.6 Å². The van der Waals surface area contributed by atoms with Crippen LogP contribution in [-0.2, 0) is 13.6 Å². The molecule has 0 unspecified atom stereocenters. The second-order valence-electron chi connectivity index (χ2n) is 5.92. The molecule has 0 aliphatic heterocycles. The summed E-state index contributed by atoms with van der Waals surface area (Å²) in [6, 6.07) is 3.57. The highest BCUT2D eigenvalue weighted by Gasteiger charge is 2.19. The third kappa shape index (κ3) is 2.77. The predicted molar refractivity (Wildman–Crippen MR) is 101 cm³/mol. The molecule has 4 heterocycles. The SMILES string of the molecule is Cc1c(C(=O)NCc2cn3cc(Cl)ccc3n2)sc2ncn(C)c(=O)c12. The van der Waals surface area contributed by atoms with Crippen LogP contribution in [0.5, 0.6) is 0 Å². The third-order valence-electron chi connectivity index (χ3n) is 4.11. The molecule has 0 aliphatic rings. The number of thiophene rings is 1. The number of carbonyl (C=O) groups is 1. The van der Waals surface area contributed by atoms with Crippen LogP contribution in [0.15, 0.2) is 35.6 Å². The monoisotopic (exact) mass is 387 g/mol. The summed E-state index contributed by atoms with van der Waals surface area (Å²) in [4.78, 5) is 34.6. The zero-order chi connectivity index (χ0) is 18.4. The van der Waals surface area contributed by atoms with Crippen molar-refractivity contribution in [3.63, 3.8) is 0 Å². The minimum absolute atomic E-state index is 0.153. The fraction of sp³-hybridized carbons (Fsp3) is 0.176. The van der Waals surface area contributed by atoms with Crippen LogP contribution < -0.4 is 10.9 Å². The Balaban J connectivity index is 1.60. The van der Waals surface area contributed by atoms with Crippen LogP contribution in [0, 0.1) is 6.92 Å². The van der Waals surface area contributed by atoms with Crippen molar-refractivity contribution < 1.29 is 4.79 Å². The number of halogens is 1. The van der Waals surface area contributed by atoms with E-state index < -0.39 is 0 Å². The van der Waals surface area contributed by atoms with Gasteiger partial charge < -0.3 is 14.3 Å². The molecule has 4 aromatic heterocycles. The second kappa shape index (κ2) is 6.22. The predicted octanol–water partition coefficient (Wildman–Crippen LogP) is 2.53. The minimum Gasteiger partial charge on any atom is -0.346 e. The van der Waals surface area contributed by atoms with Gasteiger partial charge >= 0.3 is 0 Å². The van der Waals surface area contributed by atoms with Crippen molar-refractivity contribution in [1.82, 2.24) is 24.3 Å². The number of aromatic nitrogens is 4. The smallest absolute Gasteiger partial charge is 0.262 e. The number of fused-ring (bicyclic) bond motifs is 2. The Hall–Kier alpha value is -2.71. The van der Waals surface area contributed by atoms with Crippen molar-refractivity contribution >= 4 is 44.7 Å². The summed E-state index contributed by atoms with van der Waals surface area (Å²) in [6.45, 7) is 2.04. The molecule has 0 saturated heterocycles. The van der Waals surface area contributed by atoms with Crippen LogP contribution in [0.1, 0.15) is 20.9 Å². The molecule has 0 radical (unpaired) electrons. The lowest BCUT2D eigenvalue weighted by Crippen LogP contribution is -2.23. The van der Waals surface area contributed by atoms with Crippen LogP contribution in [0.3, 0.4) is 0 Å². The van der Waals surface area contributed by atoms with E-state index in [1.807, 2.05) is 16.7 Å². The summed E-state index contributed by atoms with van der Waals surface area (Å²) >= 11 is 7.18. The van der Waals surface area contributed by atoms with E-state index in [4.69, 9.17) is 11.6 Å². The number of imidazole rings is 1. The lowest BCUT2D eigenvalue weighted by Gasteiger charge is -2.02. The quantitative estimate of drug-likeness (QED) is 0.585. The Kier molecular flexibility index (Phi) is 4.01. The Bertz CT molecular complexity index is 1220. The molecular weight excluding hydrogens is 374 g/mol. The molecule has 0 bridgehead atoms. The van der Waals surface area contributed by atoms with E-state index >= 15 is 0 Å². The number of amides is 1. The van der Waals surface area contributed by atoms with E-state index in [-0.39, 0.29) is 18.0 Å². The van der Waals surface area contributed by atoms with Gasteiger partial charge in [0.1, 0.15) is 10.5 Å². The Morgan fingerprint density at radius 3 is 2.96 bits per heavy atom. The van der Waals surface area contributed by atoms with Crippen LogP contribution in [0.2, 0.25) is 5.02 Å². The summed E-state index contributed by atoms with van der Waals surface area (Å²) in [5.41, 5.74) is 1.97. The first-order chi connectivity index (χ1) is 12.4. The first kappa shape index (κ1) is 16.7. The first-order valence-corrected chi connectivity index (χ1v) is 8.99. The molecule has 26 heavy (non-hydrogen) atoms. The zero-order valence-corrected chi connectivity index (χ0v) is 15.6. The molecule has 0 aromatic carbocycles. The summed E-state index contributed by atoms with van der Waals surface area (Å²) in [5.74, 6) is -0.248. The third-order valence-corrected chi connectivity index (χ3v) is 5.53. The highest BCUT2D eigenvalue weighted by molar-refractivity contribution is 7.20. The summed E-state index contributed by atoms with van der Waals surface area (Å²) in [6.07, 6.45) is 5.04. The topological polar surface area (TPSA) is 81.3 Å².